The van der Waals surface area contributed by atoms with Crippen LogP contribution in [0.15, 0.2) is 33.9 Å². The lowest BCUT2D eigenvalue weighted by atomic mass is 10.1. The molecule has 3 aromatic rings. The first-order chi connectivity index (χ1) is 9.56. The third-order valence-corrected chi connectivity index (χ3v) is 3.42. The molecule has 0 bridgehead atoms. The Hall–Kier alpha value is -2.63. The van der Waals surface area contributed by atoms with Crippen LogP contribution in [0.25, 0.3) is 11.2 Å². The third kappa shape index (κ3) is 1.95. The van der Waals surface area contributed by atoms with Gasteiger partial charge in [0.2, 0.25) is 0 Å². The number of hydrogen-bond acceptors (Lipinski definition) is 3. The summed E-state index contributed by atoms with van der Waals surface area (Å²) in [7, 11) is 1.58. The van der Waals surface area contributed by atoms with Crippen LogP contribution < -0.4 is 11.2 Å². The SMILES string of the molecule is Cc1ccccc1Cc1nc2c([nH]1)c(=O)[nH]c(=O)n2C. The molecule has 0 atom stereocenters. The van der Waals surface area contributed by atoms with Gasteiger partial charge >= 0.3 is 5.69 Å². The van der Waals surface area contributed by atoms with Crippen LogP contribution in [-0.4, -0.2) is 19.5 Å². The van der Waals surface area contributed by atoms with Crippen molar-refractivity contribution in [3.05, 3.63) is 62.1 Å². The van der Waals surface area contributed by atoms with Gasteiger partial charge in [-0.2, -0.15) is 0 Å². The van der Waals surface area contributed by atoms with Crippen molar-refractivity contribution in [3.8, 4) is 0 Å². The van der Waals surface area contributed by atoms with Crippen LogP contribution in [0.2, 0.25) is 0 Å². The molecule has 0 aliphatic heterocycles. The maximum absolute atomic E-state index is 11.7. The first-order valence-electron chi connectivity index (χ1n) is 6.28. The van der Waals surface area contributed by atoms with Gasteiger partial charge in [-0.3, -0.25) is 14.3 Å². The molecule has 0 fully saturated rings. The number of fused-ring (bicyclic) bond motifs is 1. The van der Waals surface area contributed by atoms with Crippen LogP contribution in [0.1, 0.15) is 17.0 Å². The second kappa shape index (κ2) is 4.48. The van der Waals surface area contributed by atoms with Crippen molar-refractivity contribution in [3.63, 3.8) is 0 Å². The number of nitrogens with one attached hydrogen (secondary N) is 2. The van der Waals surface area contributed by atoms with Gasteiger partial charge in [-0.25, -0.2) is 9.78 Å². The zero-order valence-corrected chi connectivity index (χ0v) is 11.2. The van der Waals surface area contributed by atoms with Crippen molar-refractivity contribution in [2.24, 2.45) is 7.05 Å². The van der Waals surface area contributed by atoms with Gasteiger partial charge in [-0.05, 0) is 18.1 Å². The fraction of sp³-hybridized carbons (Fsp3) is 0.214. The largest absolute Gasteiger partial charge is 0.336 e. The van der Waals surface area contributed by atoms with Gasteiger partial charge in [-0.15, -0.1) is 0 Å². The summed E-state index contributed by atoms with van der Waals surface area (Å²) in [5.74, 6) is 0.668. The number of aromatic amines is 2. The molecular weight excluding hydrogens is 256 g/mol. The zero-order chi connectivity index (χ0) is 14.3. The van der Waals surface area contributed by atoms with Crippen LogP contribution in [0.4, 0.5) is 0 Å². The fourth-order valence-electron chi connectivity index (χ4n) is 2.23. The summed E-state index contributed by atoms with van der Waals surface area (Å²) in [6, 6.07) is 7.99. The van der Waals surface area contributed by atoms with Gasteiger partial charge in [0.05, 0.1) is 0 Å². The molecule has 0 aliphatic rings. The number of hydrogen-bond donors (Lipinski definition) is 2. The first-order valence-corrected chi connectivity index (χ1v) is 6.28. The monoisotopic (exact) mass is 270 g/mol. The van der Waals surface area contributed by atoms with Crippen LogP contribution >= 0.6 is 0 Å². The Bertz CT molecular complexity index is 901. The lowest BCUT2D eigenvalue weighted by molar-refractivity contribution is 0.830. The summed E-state index contributed by atoms with van der Waals surface area (Å²) in [5, 5.41) is 0. The molecular formula is C14H14N4O2. The van der Waals surface area contributed by atoms with Crippen molar-refractivity contribution in [2.75, 3.05) is 0 Å². The summed E-state index contributed by atoms with van der Waals surface area (Å²) >= 11 is 0. The molecule has 0 amide bonds. The molecule has 0 radical (unpaired) electrons. The van der Waals surface area contributed by atoms with Gasteiger partial charge < -0.3 is 4.98 Å². The molecule has 1 aromatic carbocycles. The molecule has 6 heteroatoms. The van der Waals surface area contributed by atoms with Crippen LogP contribution in [0, 0.1) is 6.92 Å². The Labute approximate surface area is 114 Å². The highest BCUT2D eigenvalue weighted by molar-refractivity contribution is 5.69. The summed E-state index contributed by atoms with van der Waals surface area (Å²) in [6.45, 7) is 2.03. The number of aryl methyl sites for hydroxylation is 2. The van der Waals surface area contributed by atoms with Gasteiger partial charge in [0, 0.05) is 13.5 Å². The number of rotatable bonds is 2. The molecule has 0 unspecified atom stereocenters. The van der Waals surface area contributed by atoms with Crippen molar-refractivity contribution in [1.29, 1.82) is 0 Å². The molecule has 2 aromatic heterocycles. The van der Waals surface area contributed by atoms with Crippen molar-refractivity contribution in [1.82, 2.24) is 19.5 Å². The molecule has 0 spiro atoms. The Morgan fingerprint density at radius 1 is 1.20 bits per heavy atom. The van der Waals surface area contributed by atoms with E-state index in [1.165, 1.54) is 4.57 Å². The molecule has 0 aliphatic carbocycles. The highest BCUT2D eigenvalue weighted by Crippen LogP contribution is 2.13. The number of benzene rings is 1. The Morgan fingerprint density at radius 3 is 2.70 bits per heavy atom. The first kappa shape index (κ1) is 12.4. The quantitative estimate of drug-likeness (QED) is 0.724. The number of H-pyrrole nitrogens is 2. The van der Waals surface area contributed by atoms with E-state index in [1.807, 2.05) is 31.2 Å². The average molecular weight is 270 g/mol. The van der Waals surface area contributed by atoms with E-state index in [9.17, 15) is 9.59 Å². The molecule has 2 N–H and O–H groups in total. The topological polar surface area (TPSA) is 83.5 Å². The highest BCUT2D eigenvalue weighted by Gasteiger charge is 2.11. The van der Waals surface area contributed by atoms with E-state index < -0.39 is 11.2 Å². The van der Waals surface area contributed by atoms with Crippen molar-refractivity contribution >= 4 is 11.2 Å². The van der Waals surface area contributed by atoms with E-state index in [0.717, 1.165) is 11.1 Å². The maximum atomic E-state index is 11.7. The van der Waals surface area contributed by atoms with Gasteiger partial charge in [0.1, 0.15) is 11.3 Å². The van der Waals surface area contributed by atoms with Crippen LogP contribution in [-0.2, 0) is 13.5 Å². The summed E-state index contributed by atoms with van der Waals surface area (Å²) in [4.78, 5) is 32.9. The van der Waals surface area contributed by atoms with E-state index >= 15 is 0 Å². The lowest BCUT2D eigenvalue weighted by Crippen LogP contribution is -2.28. The second-order valence-electron chi connectivity index (χ2n) is 4.80. The minimum Gasteiger partial charge on any atom is -0.336 e. The van der Waals surface area contributed by atoms with E-state index in [2.05, 4.69) is 15.0 Å². The number of aromatic nitrogens is 4. The summed E-state index contributed by atoms with van der Waals surface area (Å²) in [6.07, 6.45) is 0.592. The zero-order valence-electron chi connectivity index (χ0n) is 11.2. The third-order valence-electron chi connectivity index (χ3n) is 3.42. The van der Waals surface area contributed by atoms with Gasteiger partial charge in [0.25, 0.3) is 5.56 Å². The predicted octanol–water partition coefficient (Wildman–Crippen LogP) is 0.849. The highest BCUT2D eigenvalue weighted by atomic mass is 16.2. The Kier molecular flexibility index (Phi) is 2.78. The molecule has 0 saturated heterocycles. The Balaban J connectivity index is 2.13. The Morgan fingerprint density at radius 2 is 1.95 bits per heavy atom. The van der Waals surface area contributed by atoms with Gasteiger partial charge in [0.15, 0.2) is 5.65 Å². The molecule has 3 rings (SSSR count). The molecule has 6 nitrogen and oxygen atoms in total. The van der Waals surface area contributed by atoms with E-state index in [0.29, 0.717) is 23.4 Å². The fourth-order valence-corrected chi connectivity index (χ4v) is 2.23. The minimum atomic E-state index is -0.462. The molecule has 20 heavy (non-hydrogen) atoms. The van der Waals surface area contributed by atoms with Gasteiger partial charge in [-0.1, -0.05) is 24.3 Å². The lowest BCUT2D eigenvalue weighted by Gasteiger charge is -2.02. The molecule has 2 heterocycles. The predicted molar refractivity (Wildman–Crippen MR) is 75.9 cm³/mol. The van der Waals surface area contributed by atoms with Crippen molar-refractivity contribution < 1.29 is 0 Å². The number of imidazole rings is 1. The molecule has 102 valence electrons. The van der Waals surface area contributed by atoms with E-state index in [4.69, 9.17) is 0 Å². The second-order valence-corrected chi connectivity index (χ2v) is 4.80. The average Bonchev–Trinajstić information content (AvgIpc) is 2.83. The van der Waals surface area contributed by atoms with Crippen molar-refractivity contribution in [2.45, 2.75) is 13.3 Å². The normalized spacial score (nSPS) is 11.1. The standard InChI is InChI=1S/C14H14N4O2/c1-8-5-3-4-6-9(8)7-10-15-11-12(16-10)18(2)14(20)17-13(11)19/h3-6H,7H2,1-2H3,(H,15,16)(H,17,19,20). The van der Waals surface area contributed by atoms with E-state index in [-0.39, 0.29) is 0 Å². The number of nitrogens with zero attached hydrogens (tertiary/aromatic N) is 2. The maximum Gasteiger partial charge on any atom is 0.329 e. The van der Waals surface area contributed by atoms with E-state index in [1.54, 1.807) is 7.05 Å². The minimum absolute atomic E-state index is 0.329. The van der Waals surface area contributed by atoms with Crippen LogP contribution in [0.5, 0.6) is 0 Å². The molecule has 0 saturated carbocycles. The smallest absolute Gasteiger partial charge is 0.329 e. The summed E-state index contributed by atoms with van der Waals surface area (Å²) in [5.41, 5.74) is 2.10. The summed E-state index contributed by atoms with van der Waals surface area (Å²) < 4.78 is 1.33. The van der Waals surface area contributed by atoms with Crippen LogP contribution in [0.3, 0.4) is 0 Å².